The molecule has 2 rings (SSSR count). The largest absolute Gasteiger partial charge is 0.347 e. The predicted octanol–water partition coefficient (Wildman–Crippen LogP) is 3.43. The first-order chi connectivity index (χ1) is 7.50. The van der Waals surface area contributed by atoms with E-state index in [1.807, 2.05) is 25.1 Å². The molecule has 1 aliphatic carbocycles. The van der Waals surface area contributed by atoms with Crippen molar-refractivity contribution in [1.29, 1.82) is 0 Å². The van der Waals surface area contributed by atoms with Gasteiger partial charge >= 0.3 is 0 Å². The van der Waals surface area contributed by atoms with Gasteiger partial charge in [-0.1, -0.05) is 22.0 Å². The van der Waals surface area contributed by atoms with Crippen LogP contribution in [0.2, 0.25) is 0 Å². The van der Waals surface area contributed by atoms with Crippen molar-refractivity contribution in [2.45, 2.75) is 38.6 Å². The third kappa shape index (κ3) is 2.29. The Kier molecular flexibility index (Phi) is 3.06. The predicted molar refractivity (Wildman–Crippen MR) is 68.6 cm³/mol. The van der Waals surface area contributed by atoms with E-state index in [-0.39, 0.29) is 11.4 Å². The monoisotopic (exact) mass is 281 g/mol. The fourth-order valence-corrected chi connectivity index (χ4v) is 2.29. The van der Waals surface area contributed by atoms with E-state index in [2.05, 4.69) is 28.2 Å². The number of hydrogen-bond acceptors (Lipinski definition) is 1. The van der Waals surface area contributed by atoms with Crippen molar-refractivity contribution in [2.75, 3.05) is 0 Å². The Hall–Kier alpha value is -0.830. The minimum absolute atomic E-state index is 0.0223. The van der Waals surface area contributed by atoms with E-state index in [0.29, 0.717) is 0 Å². The number of halogens is 1. The van der Waals surface area contributed by atoms with Crippen molar-refractivity contribution < 1.29 is 4.79 Å². The van der Waals surface area contributed by atoms with Crippen LogP contribution >= 0.6 is 15.9 Å². The molecule has 1 N–H and O–H groups in total. The van der Waals surface area contributed by atoms with Crippen molar-refractivity contribution in [3.8, 4) is 0 Å². The summed E-state index contributed by atoms with van der Waals surface area (Å²) in [5.74, 6) is 0.0305. The van der Waals surface area contributed by atoms with E-state index < -0.39 is 0 Å². The van der Waals surface area contributed by atoms with Crippen LogP contribution < -0.4 is 5.32 Å². The molecule has 16 heavy (non-hydrogen) atoms. The molecule has 0 saturated heterocycles. The van der Waals surface area contributed by atoms with Gasteiger partial charge in [-0.15, -0.1) is 0 Å². The van der Waals surface area contributed by atoms with Gasteiger partial charge in [-0.2, -0.15) is 0 Å². The summed E-state index contributed by atoms with van der Waals surface area (Å²) in [6, 6.07) is 5.71. The highest BCUT2D eigenvalue weighted by Gasteiger charge is 2.33. The lowest BCUT2D eigenvalue weighted by Crippen LogP contribution is -2.50. The van der Waals surface area contributed by atoms with Gasteiger partial charge in [-0.25, -0.2) is 0 Å². The molecule has 2 nitrogen and oxygen atoms in total. The Balaban J connectivity index is 2.11. The number of carbonyl (C=O) groups is 1. The topological polar surface area (TPSA) is 29.1 Å². The van der Waals surface area contributed by atoms with Gasteiger partial charge < -0.3 is 5.32 Å². The Bertz CT molecular complexity index is 424. The second-order valence-electron chi connectivity index (χ2n) is 4.83. The number of aryl methyl sites for hydroxylation is 1. The Morgan fingerprint density at radius 3 is 2.62 bits per heavy atom. The molecule has 1 fully saturated rings. The van der Waals surface area contributed by atoms with E-state index in [0.717, 1.165) is 28.4 Å². The Morgan fingerprint density at radius 2 is 2.12 bits per heavy atom. The molecule has 0 radical (unpaired) electrons. The van der Waals surface area contributed by atoms with Gasteiger partial charge in [0.2, 0.25) is 0 Å². The van der Waals surface area contributed by atoms with Crippen LogP contribution in [0.15, 0.2) is 22.7 Å². The van der Waals surface area contributed by atoms with Crippen LogP contribution in [-0.4, -0.2) is 11.4 Å². The van der Waals surface area contributed by atoms with Gasteiger partial charge in [0.25, 0.3) is 5.91 Å². The highest BCUT2D eigenvalue weighted by Crippen LogP contribution is 2.31. The molecule has 1 saturated carbocycles. The Labute approximate surface area is 105 Å². The van der Waals surface area contributed by atoms with Crippen molar-refractivity contribution in [3.05, 3.63) is 33.8 Å². The summed E-state index contributed by atoms with van der Waals surface area (Å²) in [4.78, 5) is 12.0. The molecule has 1 aromatic rings. The summed E-state index contributed by atoms with van der Waals surface area (Å²) in [5.41, 5.74) is 1.89. The number of benzene rings is 1. The molecule has 0 aromatic heterocycles. The quantitative estimate of drug-likeness (QED) is 0.884. The molecular formula is C13H16BrNO. The third-order valence-corrected chi connectivity index (χ3v) is 4.16. The average molecular weight is 282 g/mol. The molecule has 0 atom stereocenters. The lowest BCUT2D eigenvalue weighted by molar-refractivity contribution is 0.0850. The zero-order valence-corrected chi connectivity index (χ0v) is 11.2. The van der Waals surface area contributed by atoms with Gasteiger partial charge in [0.1, 0.15) is 0 Å². The lowest BCUT2D eigenvalue weighted by Gasteiger charge is -2.39. The normalized spacial score (nSPS) is 17.7. The van der Waals surface area contributed by atoms with Crippen molar-refractivity contribution in [3.63, 3.8) is 0 Å². The molecule has 1 aliphatic rings. The number of hydrogen-bond donors (Lipinski definition) is 1. The first kappa shape index (κ1) is 11.6. The highest BCUT2D eigenvalue weighted by atomic mass is 79.9. The van der Waals surface area contributed by atoms with E-state index >= 15 is 0 Å². The maximum Gasteiger partial charge on any atom is 0.251 e. The number of carbonyl (C=O) groups excluding carboxylic acids is 1. The summed E-state index contributed by atoms with van der Waals surface area (Å²) in [6.07, 6.45) is 3.39. The van der Waals surface area contributed by atoms with Gasteiger partial charge in [-0.3, -0.25) is 4.79 Å². The molecule has 0 heterocycles. The number of amides is 1. The maximum atomic E-state index is 12.0. The van der Waals surface area contributed by atoms with Gasteiger partial charge in [0.15, 0.2) is 0 Å². The SMILES string of the molecule is Cc1ccc(C(=O)NC2(C)CCC2)cc1Br. The fourth-order valence-electron chi connectivity index (χ4n) is 1.91. The lowest BCUT2D eigenvalue weighted by atomic mass is 9.78. The summed E-state index contributed by atoms with van der Waals surface area (Å²) in [7, 11) is 0. The summed E-state index contributed by atoms with van der Waals surface area (Å²) < 4.78 is 0.985. The molecule has 3 heteroatoms. The molecule has 0 bridgehead atoms. The summed E-state index contributed by atoms with van der Waals surface area (Å²) in [5, 5.41) is 3.10. The number of nitrogens with one attached hydrogen (secondary N) is 1. The first-order valence-electron chi connectivity index (χ1n) is 5.59. The zero-order chi connectivity index (χ0) is 11.8. The van der Waals surface area contributed by atoms with Gasteiger partial charge in [-0.05, 0) is 50.8 Å². The second kappa shape index (κ2) is 4.21. The van der Waals surface area contributed by atoms with Crippen molar-refractivity contribution in [1.82, 2.24) is 5.32 Å². The van der Waals surface area contributed by atoms with Crippen LogP contribution in [0.5, 0.6) is 0 Å². The molecule has 1 aromatic carbocycles. The molecular weight excluding hydrogens is 266 g/mol. The highest BCUT2D eigenvalue weighted by molar-refractivity contribution is 9.10. The summed E-state index contributed by atoms with van der Waals surface area (Å²) in [6.45, 7) is 4.12. The summed E-state index contributed by atoms with van der Waals surface area (Å²) >= 11 is 3.45. The molecule has 0 spiro atoms. The second-order valence-corrected chi connectivity index (χ2v) is 5.69. The fraction of sp³-hybridized carbons (Fsp3) is 0.462. The third-order valence-electron chi connectivity index (χ3n) is 3.31. The maximum absolute atomic E-state index is 12.0. The minimum Gasteiger partial charge on any atom is -0.347 e. The van der Waals surface area contributed by atoms with Crippen molar-refractivity contribution >= 4 is 21.8 Å². The van der Waals surface area contributed by atoms with Crippen molar-refractivity contribution in [2.24, 2.45) is 0 Å². The standard InChI is InChI=1S/C13H16BrNO/c1-9-4-5-10(8-11(9)14)12(16)15-13(2)6-3-7-13/h4-5,8H,3,6-7H2,1-2H3,(H,15,16). The van der Waals surface area contributed by atoms with Crippen LogP contribution in [0, 0.1) is 6.92 Å². The van der Waals surface area contributed by atoms with E-state index in [1.54, 1.807) is 0 Å². The average Bonchev–Trinajstić information content (AvgIpc) is 2.19. The number of rotatable bonds is 2. The minimum atomic E-state index is 0.0223. The van der Waals surface area contributed by atoms with Gasteiger partial charge in [0.05, 0.1) is 0 Å². The van der Waals surface area contributed by atoms with Crippen LogP contribution in [-0.2, 0) is 0 Å². The van der Waals surface area contributed by atoms with Crippen LogP contribution in [0.4, 0.5) is 0 Å². The molecule has 0 aliphatic heterocycles. The smallest absolute Gasteiger partial charge is 0.251 e. The van der Waals surface area contributed by atoms with E-state index in [1.165, 1.54) is 6.42 Å². The zero-order valence-electron chi connectivity index (χ0n) is 9.64. The molecule has 0 unspecified atom stereocenters. The van der Waals surface area contributed by atoms with Gasteiger partial charge in [0, 0.05) is 15.6 Å². The molecule has 1 amide bonds. The van der Waals surface area contributed by atoms with Crippen LogP contribution in [0.1, 0.15) is 42.1 Å². The van der Waals surface area contributed by atoms with E-state index in [9.17, 15) is 4.79 Å². The van der Waals surface area contributed by atoms with Crippen LogP contribution in [0.3, 0.4) is 0 Å². The Morgan fingerprint density at radius 1 is 1.44 bits per heavy atom. The molecule has 86 valence electrons. The van der Waals surface area contributed by atoms with E-state index in [4.69, 9.17) is 0 Å². The first-order valence-corrected chi connectivity index (χ1v) is 6.38. The van der Waals surface area contributed by atoms with Crippen LogP contribution in [0.25, 0.3) is 0 Å².